The summed E-state index contributed by atoms with van der Waals surface area (Å²) in [6, 6.07) is 3.74. The molecule has 11 heavy (non-hydrogen) atoms. The van der Waals surface area contributed by atoms with Crippen molar-refractivity contribution in [3.8, 4) is 0 Å². The zero-order chi connectivity index (χ0) is 8.10. The molecule has 3 N–H and O–H groups in total. The summed E-state index contributed by atoms with van der Waals surface area (Å²) in [5.74, 6) is 5.09. The molecule has 0 fully saturated rings. The van der Waals surface area contributed by atoms with Crippen molar-refractivity contribution < 1.29 is 0 Å². The Hall–Kier alpha value is -0.650. The van der Waals surface area contributed by atoms with Crippen LogP contribution in [0.2, 0.25) is 0 Å². The van der Waals surface area contributed by atoms with E-state index in [1.807, 2.05) is 12.1 Å². The van der Waals surface area contributed by atoms with E-state index in [0.717, 1.165) is 4.90 Å². The monoisotopic (exact) mass is 185 g/mol. The van der Waals surface area contributed by atoms with E-state index in [0.29, 0.717) is 4.32 Å². The van der Waals surface area contributed by atoms with Gasteiger partial charge in [0, 0.05) is 17.3 Å². The average molecular weight is 185 g/mol. The Morgan fingerprint density at radius 3 is 2.73 bits per heavy atom. The zero-order valence-electron chi connectivity index (χ0n) is 5.65. The summed E-state index contributed by atoms with van der Waals surface area (Å²) in [6.07, 6.45) is 3.42. The van der Waals surface area contributed by atoms with Crippen LogP contribution < -0.4 is 11.3 Å². The predicted molar refractivity (Wildman–Crippen MR) is 50.0 cm³/mol. The number of nitrogens with one attached hydrogen (secondary N) is 1. The van der Waals surface area contributed by atoms with E-state index in [2.05, 4.69) is 10.4 Å². The average Bonchev–Trinajstić information content (AvgIpc) is 2.06. The van der Waals surface area contributed by atoms with Crippen LogP contribution in [-0.4, -0.2) is 9.30 Å². The molecular formula is C6H7N3S2. The predicted octanol–water partition coefficient (Wildman–Crippen LogP) is 0.922. The largest absolute Gasteiger partial charge is 0.309 e. The highest BCUT2D eigenvalue weighted by Gasteiger charge is 1.95. The molecule has 0 atom stereocenters. The summed E-state index contributed by atoms with van der Waals surface area (Å²) in [6.45, 7) is 0. The molecule has 0 aliphatic rings. The molecule has 1 rings (SSSR count). The van der Waals surface area contributed by atoms with Gasteiger partial charge in [-0.15, -0.1) is 0 Å². The van der Waals surface area contributed by atoms with Crippen LogP contribution in [0, 0.1) is 0 Å². The van der Waals surface area contributed by atoms with Gasteiger partial charge in [-0.05, 0) is 12.1 Å². The zero-order valence-corrected chi connectivity index (χ0v) is 7.28. The highest BCUT2D eigenvalue weighted by molar-refractivity contribution is 8.23. The van der Waals surface area contributed by atoms with Crippen molar-refractivity contribution in [3.63, 3.8) is 0 Å². The SMILES string of the molecule is NNC(=S)Sc1ccncc1. The summed E-state index contributed by atoms with van der Waals surface area (Å²) in [4.78, 5) is 4.90. The van der Waals surface area contributed by atoms with Crippen LogP contribution in [0.1, 0.15) is 0 Å². The topological polar surface area (TPSA) is 50.9 Å². The lowest BCUT2D eigenvalue weighted by Crippen LogP contribution is -2.25. The minimum atomic E-state index is 0.552. The van der Waals surface area contributed by atoms with E-state index in [1.54, 1.807) is 12.4 Å². The van der Waals surface area contributed by atoms with Gasteiger partial charge >= 0.3 is 0 Å². The fraction of sp³-hybridized carbons (Fsp3) is 0. The maximum atomic E-state index is 5.09. The summed E-state index contributed by atoms with van der Waals surface area (Å²) < 4.78 is 0.552. The smallest absolute Gasteiger partial charge is 0.152 e. The Labute approximate surface area is 74.4 Å². The molecule has 0 spiro atoms. The van der Waals surface area contributed by atoms with Crippen LogP contribution in [-0.2, 0) is 0 Å². The van der Waals surface area contributed by atoms with Gasteiger partial charge in [-0.3, -0.25) is 4.98 Å². The number of hydrogen-bond acceptors (Lipinski definition) is 4. The number of thiocarbonyl (C=S) groups is 1. The standard InChI is InChI=1S/C6H7N3S2/c7-9-6(10)11-5-1-3-8-4-2-5/h1-4H,7H2,(H,9,10). The lowest BCUT2D eigenvalue weighted by Gasteiger charge is -1.99. The lowest BCUT2D eigenvalue weighted by atomic mass is 10.5. The Morgan fingerprint density at radius 1 is 1.55 bits per heavy atom. The molecule has 0 aromatic carbocycles. The molecule has 0 saturated carbocycles. The van der Waals surface area contributed by atoms with Gasteiger partial charge in [0.2, 0.25) is 0 Å². The first-order valence-corrected chi connectivity index (χ1v) is 4.14. The highest BCUT2D eigenvalue weighted by atomic mass is 32.2. The van der Waals surface area contributed by atoms with Crippen LogP contribution in [0.25, 0.3) is 0 Å². The van der Waals surface area contributed by atoms with E-state index in [4.69, 9.17) is 18.1 Å². The van der Waals surface area contributed by atoms with Gasteiger partial charge < -0.3 is 5.43 Å². The lowest BCUT2D eigenvalue weighted by molar-refractivity contribution is 1.07. The Bertz CT molecular complexity index is 237. The third-order valence-corrected chi connectivity index (χ3v) is 2.16. The summed E-state index contributed by atoms with van der Waals surface area (Å²) in [5, 5.41) is 0. The Kier molecular flexibility index (Phi) is 3.28. The molecule has 0 saturated heterocycles. The van der Waals surface area contributed by atoms with E-state index in [-0.39, 0.29) is 0 Å². The molecular weight excluding hydrogens is 178 g/mol. The first-order chi connectivity index (χ1) is 5.33. The van der Waals surface area contributed by atoms with E-state index < -0.39 is 0 Å². The molecule has 1 aromatic heterocycles. The van der Waals surface area contributed by atoms with Gasteiger partial charge in [0.15, 0.2) is 4.32 Å². The maximum absolute atomic E-state index is 5.09. The number of thioether (sulfide) groups is 1. The Balaban J connectivity index is 2.58. The quantitative estimate of drug-likeness (QED) is 0.295. The van der Waals surface area contributed by atoms with Gasteiger partial charge in [0.25, 0.3) is 0 Å². The van der Waals surface area contributed by atoms with Crippen molar-refractivity contribution in [2.24, 2.45) is 5.84 Å². The van der Waals surface area contributed by atoms with Crippen LogP contribution >= 0.6 is 24.0 Å². The van der Waals surface area contributed by atoms with Crippen LogP contribution in [0.5, 0.6) is 0 Å². The molecule has 1 aromatic rings. The molecule has 0 amide bonds. The molecule has 0 unspecified atom stereocenters. The number of nitrogens with zero attached hydrogens (tertiary/aromatic N) is 1. The van der Waals surface area contributed by atoms with Gasteiger partial charge in [-0.1, -0.05) is 24.0 Å². The van der Waals surface area contributed by atoms with E-state index >= 15 is 0 Å². The van der Waals surface area contributed by atoms with Gasteiger partial charge in [0.1, 0.15) is 0 Å². The van der Waals surface area contributed by atoms with Crippen LogP contribution in [0.3, 0.4) is 0 Å². The normalized spacial score (nSPS) is 9.18. The number of hydrazine groups is 1. The summed E-state index contributed by atoms with van der Waals surface area (Å²) in [7, 11) is 0. The highest BCUT2D eigenvalue weighted by Crippen LogP contribution is 2.16. The third kappa shape index (κ3) is 2.83. The van der Waals surface area contributed by atoms with Gasteiger partial charge in [-0.25, -0.2) is 5.84 Å². The molecule has 3 nitrogen and oxygen atoms in total. The second-order valence-corrected chi connectivity index (χ2v) is 3.47. The maximum Gasteiger partial charge on any atom is 0.152 e. The van der Waals surface area contributed by atoms with Crippen molar-refractivity contribution in [1.82, 2.24) is 10.4 Å². The third-order valence-electron chi connectivity index (χ3n) is 0.978. The second kappa shape index (κ2) is 4.27. The van der Waals surface area contributed by atoms with Crippen molar-refractivity contribution in [1.29, 1.82) is 0 Å². The molecule has 58 valence electrons. The van der Waals surface area contributed by atoms with Crippen molar-refractivity contribution in [2.75, 3.05) is 0 Å². The Morgan fingerprint density at radius 2 is 2.18 bits per heavy atom. The molecule has 1 heterocycles. The molecule has 0 radical (unpaired) electrons. The minimum Gasteiger partial charge on any atom is -0.309 e. The molecule has 0 aliphatic heterocycles. The van der Waals surface area contributed by atoms with Gasteiger partial charge in [0.05, 0.1) is 0 Å². The number of hydrogen-bond donors (Lipinski definition) is 2. The van der Waals surface area contributed by atoms with E-state index in [9.17, 15) is 0 Å². The number of rotatable bonds is 1. The first kappa shape index (κ1) is 8.45. The molecule has 0 bridgehead atoms. The first-order valence-electron chi connectivity index (χ1n) is 2.91. The fourth-order valence-corrected chi connectivity index (χ4v) is 1.36. The van der Waals surface area contributed by atoms with Crippen molar-refractivity contribution in [3.05, 3.63) is 24.5 Å². The minimum absolute atomic E-state index is 0.552. The second-order valence-electron chi connectivity index (χ2n) is 1.72. The van der Waals surface area contributed by atoms with Gasteiger partial charge in [-0.2, -0.15) is 0 Å². The summed E-state index contributed by atoms with van der Waals surface area (Å²) in [5.41, 5.74) is 2.39. The molecule has 0 aliphatic carbocycles. The summed E-state index contributed by atoms with van der Waals surface area (Å²) >= 11 is 6.24. The number of pyridine rings is 1. The van der Waals surface area contributed by atoms with Crippen molar-refractivity contribution >= 4 is 28.3 Å². The number of nitrogens with two attached hydrogens (primary N) is 1. The number of aromatic nitrogens is 1. The van der Waals surface area contributed by atoms with E-state index in [1.165, 1.54) is 11.8 Å². The van der Waals surface area contributed by atoms with Crippen molar-refractivity contribution in [2.45, 2.75) is 4.90 Å². The van der Waals surface area contributed by atoms with Crippen LogP contribution in [0.15, 0.2) is 29.4 Å². The molecule has 5 heteroatoms. The fourth-order valence-electron chi connectivity index (χ4n) is 0.543. The van der Waals surface area contributed by atoms with Crippen LogP contribution in [0.4, 0.5) is 0 Å².